The molecule has 0 aliphatic heterocycles. The molecule has 0 aliphatic rings. The first kappa shape index (κ1) is 19.2. The minimum absolute atomic E-state index is 0.0672. The summed E-state index contributed by atoms with van der Waals surface area (Å²) in [4.78, 5) is 12.9. The Bertz CT molecular complexity index is 1160. The van der Waals surface area contributed by atoms with Crippen molar-refractivity contribution in [2.24, 2.45) is 0 Å². The smallest absolute Gasteiger partial charge is 0.237 e. The Labute approximate surface area is 174 Å². The van der Waals surface area contributed by atoms with E-state index in [1.54, 1.807) is 0 Å². The number of rotatable bonds is 5. The van der Waals surface area contributed by atoms with Crippen LogP contribution < -0.4 is 5.32 Å². The number of anilines is 1. The third-order valence-electron chi connectivity index (χ3n) is 4.79. The van der Waals surface area contributed by atoms with Crippen LogP contribution in [0.25, 0.3) is 16.5 Å². The Morgan fingerprint density at radius 3 is 2.48 bits per heavy atom. The van der Waals surface area contributed by atoms with Crippen LogP contribution in [0.4, 0.5) is 5.69 Å². The van der Waals surface area contributed by atoms with Crippen LogP contribution in [-0.4, -0.2) is 25.9 Å². The number of aromatic nitrogens is 3. The molecule has 1 atom stereocenters. The fourth-order valence-corrected chi connectivity index (χ4v) is 4.10. The second-order valence-electron chi connectivity index (χ2n) is 6.98. The maximum absolute atomic E-state index is 12.9. The van der Waals surface area contributed by atoms with Gasteiger partial charge in [0.15, 0.2) is 5.16 Å². The molecular formula is C23H22N4OS. The van der Waals surface area contributed by atoms with E-state index in [0.717, 1.165) is 28.0 Å². The topological polar surface area (TPSA) is 59.8 Å². The van der Waals surface area contributed by atoms with E-state index in [1.165, 1.54) is 17.3 Å². The van der Waals surface area contributed by atoms with Gasteiger partial charge in [0.1, 0.15) is 5.82 Å². The summed E-state index contributed by atoms with van der Waals surface area (Å²) in [5.41, 5.74) is 3.00. The summed E-state index contributed by atoms with van der Waals surface area (Å²) >= 11 is 1.40. The maximum atomic E-state index is 12.9. The molecular weight excluding hydrogens is 380 g/mol. The highest BCUT2D eigenvalue weighted by Gasteiger charge is 2.20. The van der Waals surface area contributed by atoms with Crippen molar-refractivity contribution in [2.45, 2.75) is 31.2 Å². The number of nitrogens with zero attached hydrogens (tertiary/aromatic N) is 3. The summed E-state index contributed by atoms with van der Waals surface area (Å²) in [7, 11) is 0. The zero-order valence-corrected chi connectivity index (χ0v) is 17.4. The number of fused-ring (bicyclic) bond motifs is 1. The molecule has 29 heavy (non-hydrogen) atoms. The molecule has 0 fully saturated rings. The molecule has 146 valence electrons. The number of carbonyl (C=O) groups excluding carboxylic acids is 1. The van der Waals surface area contributed by atoms with Gasteiger partial charge in [-0.15, -0.1) is 10.2 Å². The summed E-state index contributed by atoms with van der Waals surface area (Å²) < 4.78 is 1.98. The highest BCUT2D eigenvalue weighted by atomic mass is 32.2. The summed E-state index contributed by atoms with van der Waals surface area (Å²) in [6.45, 7) is 5.85. The van der Waals surface area contributed by atoms with Gasteiger partial charge in [0.2, 0.25) is 5.91 Å². The SMILES string of the molecule is Cc1ccc(-n2c(C)nnc2S[C@H](C)C(=O)Nc2cccc3ccccc23)cc1. The molecule has 0 saturated heterocycles. The van der Waals surface area contributed by atoms with E-state index in [9.17, 15) is 4.79 Å². The average Bonchev–Trinajstić information content (AvgIpc) is 3.09. The molecule has 0 aliphatic carbocycles. The van der Waals surface area contributed by atoms with Crippen molar-refractivity contribution in [3.05, 3.63) is 78.1 Å². The van der Waals surface area contributed by atoms with E-state index in [2.05, 4.69) is 34.6 Å². The molecule has 0 unspecified atom stereocenters. The summed E-state index contributed by atoms with van der Waals surface area (Å²) in [5.74, 6) is 0.723. The molecule has 4 rings (SSSR count). The van der Waals surface area contributed by atoms with Crippen LogP contribution in [0, 0.1) is 13.8 Å². The molecule has 1 heterocycles. The molecule has 1 N–H and O–H groups in total. The highest BCUT2D eigenvalue weighted by molar-refractivity contribution is 8.00. The normalized spacial score (nSPS) is 12.1. The lowest BCUT2D eigenvalue weighted by atomic mass is 10.1. The van der Waals surface area contributed by atoms with Crippen LogP contribution in [0.5, 0.6) is 0 Å². The van der Waals surface area contributed by atoms with Crippen LogP contribution in [0.15, 0.2) is 71.9 Å². The number of nitrogens with one attached hydrogen (secondary N) is 1. The van der Waals surface area contributed by atoms with Gasteiger partial charge in [-0.25, -0.2) is 0 Å². The number of thioether (sulfide) groups is 1. The van der Waals surface area contributed by atoms with Crippen LogP contribution in [-0.2, 0) is 4.79 Å². The molecule has 3 aromatic carbocycles. The predicted octanol–water partition coefficient (Wildman–Crippen LogP) is 5.16. The lowest BCUT2D eigenvalue weighted by molar-refractivity contribution is -0.115. The number of amides is 1. The minimum atomic E-state index is -0.332. The van der Waals surface area contributed by atoms with Gasteiger partial charge in [0.05, 0.1) is 5.25 Å². The van der Waals surface area contributed by atoms with Crippen LogP contribution in [0.2, 0.25) is 0 Å². The Morgan fingerprint density at radius 1 is 0.966 bits per heavy atom. The van der Waals surface area contributed by atoms with Gasteiger partial charge in [0.25, 0.3) is 0 Å². The zero-order valence-electron chi connectivity index (χ0n) is 16.6. The van der Waals surface area contributed by atoms with Gasteiger partial charge in [-0.2, -0.15) is 0 Å². The second-order valence-corrected chi connectivity index (χ2v) is 8.28. The van der Waals surface area contributed by atoms with Crippen molar-refractivity contribution in [2.75, 3.05) is 5.32 Å². The molecule has 0 radical (unpaired) electrons. The highest BCUT2D eigenvalue weighted by Crippen LogP contribution is 2.28. The standard InChI is InChI=1S/C23H22N4OS/c1-15-11-13-19(14-12-15)27-17(3)25-26-23(27)29-16(2)22(28)24-21-10-6-8-18-7-4-5-9-20(18)21/h4-14,16H,1-3H3,(H,24,28)/t16-/m1/s1. The summed E-state index contributed by atoms with van der Waals surface area (Å²) in [6.07, 6.45) is 0. The largest absolute Gasteiger partial charge is 0.325 e. The molecule has 0 spiro atoms. The van der Waals surface area contributed by atoms with Gasteiger partial charge in [-0.3, -0.25) is 9.36 Å². The number of carbonyl (C=O) groups is 1. The Morgan fingerprint density at radius 2 is 1.69 bits per heavy atom. The number of hydrogen-bond acceptors (Lipinski definition) is 4. The minimum Gasteiger partial charge on any atom is -0.325 e. The van der Waals surface area contributed by atoms with Crippen LogP contribution in [0.3, 0.4) is 0 Å². The van der Waals surface area contributed by atoms with E-state index < -0.39 is 0 Å². The van der Waals surface area contributed by atoms with Crippen molar-refractivity contribution >= 4 is 34.1 Å². The lowest BCUT2D eigenvalue weighted by Crippen LogP contribution is -2.23. The van der Waals surface area contributed by atoms with Crippen molar-refractivity contribution in [3.63, 3.8) is 0 Å². The Kier molecular flexibility index (Phi) is 5.36. The van der Waals surface area contributed by atoms with E-state index in [0.29, 0.717) is 5.16 Å². The fourth-order valence-electron chi connectivity index (χ4n) is 3.19. The molecule has 0 saturated carbocycles. The number of hydrogen-bond donors (Lipinski definition) is 1. The van der Waals surface area contributed by atoms with Crippen LogP contribution >= 0.6 is 11.8 Å². The third kappa shape index (κ3) is 4.03. The zero-order chi connectivity index (χ0) is 20.4. The number of benzene rings is 3. The first-order valence-corrected chi connectivity index (χ1v) is 10.4. The predicted molar refractivity (Wildman–Crippen MR) is 119 cm³/mol. The molecule has 6 heteroatoms. The Hall–Kier alpha value is -3.12. The Balaban J connectivity index is 1.55. The second kappa shape index (κ2) is 8.09. The summed E-state index contributed by atoms with van der Waals surface area (Å²) in [5, 5.41) is 14.1. The molecule has 1 amide bonds. The van der Waals surface area contributed by atoms with Crippen molar-refractivity contribution in [3.8, 4) is 5.69 Å². The average molecular weight is 403 g/mol. The molecule has 5 nitrogen and oxygen atoms in total. The fraction of sp³-hybridized carbons (Fsp3) is 0.174. The van der Waals surface area contributed by atoms with Gasteiger partial charge in [-0.05, 0) is 44.4 Å². The molecule has 0 bridgehead atoms. The first-order valence-electron chi connectivity index (χ1n) is 9.47. The molecule has 1 aromatic heterocycles. The van der Waals surface area contributed by atoms with Crippen LogP contribution in [0.1, 0.15) is 18.3 Å². The van der Waals surface area contributed by atoms with E-state index in [1.807, 2.05) is 73.0 Å². The quantitative estimate of drug-likeness (QED) is 0.469. The van der Waals surface area contributed by atoms with Gasteiger partial charge < -0.3 is 5.32 Å². The van der Waals surface area contributed by atoms with Gasteiger partial charge in [0, 0.05) is 16.8 Å². The first-order chi connectivity index (χ1) is 14.0. The van der Waals surface area contributed by atoms with E-state index in [4.69, 9.17) is 0 Å². The van der Waals surface area contributed by atoms with Crippen molar-refractivity contribution in [1.82, 2.24) is 14.8 Å². The molecule has 4 aromatic rings. The lowest BCUT2D eigenvalue weighted by Gasteiger charge is -2.14. The summed E-state index contributed by atoms with van der Waals surface area (Å²) in [6, 6.07) is 22.1. The van der Waals surface area contributed by atoms with Gasteiger partial charge in [-0.1, -0.05) is 65.9 Å². The number of aryl methyl sites for hydroxylation is 2. The van der Waals surface area contributed by atoms with E-state index >= 15 is 0 Å². The van der Waals surface area contributed by atoms with Crippen molar-refractivity contribution in [1.29, 1.82) is 0 Å². The van der Waals surface area contributed by atoms with E-state index in [-0.39, 0.29) is 11.2 Å². The maximum Gasteiger partial charge on any atom is 0.237 e. The van der Waals surface area contributed by atoms with Gasteiger partial charge >= 0.3 is 0 Å². The third-order valence-corrected chi connectivity index (χ3v) is 5.83. The monoisotopic (exact) mass is 402 g/mol. The van der Waals surface area contributed by atoms with Crippen molar-refractivity contribution < 1.29 is 4.79 Å².